The summed E-state index contributed by atoms with van der Waals surface area (Å²) in [6.07, 6.45) is -0.559. The predicted octanol–water partition coefficient (Wildman–Crippen LogP) is 2.54. The van der Waals surface area contributed by atoms with Gasteiger partial charge in [-0.2, -0.15) is 0 Å². The summed E-state index contributed by atoms with van der Waals surface area (Å²) in [5.41, 5.74) is 1.87. The Morgan fingerprint density at radius 3 is 2.61 bits per heavy atom. The van der Waals surface area contributed by atoms with Crippen molar-refractivity contribution in [1.29, 1.82) is 0 Å². The van der Waals surface area contributed by atoms with Crippen LogP contribution in [-0.4, -0.2) is 28.3 Å². The molecule has 118 valence electrons. The molecule has 1 atom stereocenters. The Balaban J connectivity index is 1.82. The molecule has 0 saturated carbocycles. The number of carbonyl (C=O) groups is 2. The second kappa shape index (κ2) is 6.00. The highest BCUT2D eigenvalue weighted by Crippen LogP contribution is 2.35. The SMILES string of the molecule is O=C(O)[C@H]1Cc2ccc(O)cc2N1C(=O)OCc1ccccc1. The first-order chi connectivity index (χ1) is 11.1. The Bertz CT molecular complexity index is 744. The Morgan fingerprint density at radius 2 is 1.91 bits per heavy atom. The van der Waals surface area contributed by atoms with E-state index in [1.165, 1.54) is 12.1 Å². The van der Waals surface area contributed by atoms with Crippen LogP contribution in [0.1, 0.15) is 11.1 Å². The lowest BCUT2D eigenvalue weighted by molar-refractivity contribution is -0.138. The quantitative estimate of drug-likeness (QED) is 0.909. The topological polar surface area (TPSA) is 87.1 Å². The number of carboxylic acid groups (broad SMARTS) is 1. The lowest BCUT2D eigenvalue weighted by atomic mass is 10.1. The highest BCUT2D eigenvalue weighted by Gasteiger charge is 2.39. The molecule has 0 spiro atoms. The molecule has 2 N–H and O–H groups in total. The van der Waals surface area contributed by atoms with E-state index in [1.807, 2.05) is 30.3 Å². The minimum Gasteiger partial charge on any atom is -0.508 e. The summed E-state index contributed by atoms with van der Waals surface area (Å²) in [5.74, 6) is -1.15. The van der Waals surface area contributed by atoms with E-state index in [2.05, 4.69) is 0 Å². The van der Waals surface area contributed by atoms with E-state index in [1.54, 1.807) is 6.07 Å². The number of carbonyl (C=O) groups excluding carboxylic acids is 1. The first kappa shape index (κ1) is 14.9. The van der Waals surface area contributed by atoms with Crippen molar-refractivity contribution in [3.8, 4) is 5.75 Å². The average molecular weight is 313 g/mol. The van der Waals surface area contributed by atoms with Gasteiger partial charge in [0.1, 0.15) is 18.4 Å². The normalized spacial score (nSPS) is 16.0. The first-order valence-corrected chi connectivity index (χ1v) is 7.11. The van der Waals surface area contributed by atoms with E-state index >= 15 is 0 Å². The van der Waals surface area contributed by atoms with Crippen LogP contribution in [0.3, 0.4) is 0 Å². The summed E-state index contributed by atoms with van der Waals surface area (Å²) >= 11 is 0. The number of nitrogens with zero attached hydrogens (tertiary/aromatic N) is 1. The molecule has 0 saturated heterocycles. The number of amides is 1. The van der Waals surface area contributed by atoms with Gasteiger partial charge in [-0.15, -0.1) is 0 Å². The number of anilines is 1. The van der Waals surface area contributed by atoms with Crippen LogP contribution in [0.15, 0.2) is 48.5 Å². The molecule has 2 aromatic carbocycles. The van der Waals surface area contributed by atoms with Crippen LogP contribution in [0.4, 0.5) is 10.5 Å². The lowest BCUT2D eigenvalue weighted by Gasteiger charge is -2.22. The summed E-state index contributed by atoms with van der Waals surface area (Å²) in [6.45, 7) is 0.0522. The van der Waals surface area contributed by atoms with Gasteiger partial charge in [0, 0.05) is 12.5 Å². The van der Waals surface area contributed by atoms with Gasteiger partial charge in [0.05, 0.1) is 5.69 Å². The van der Waals surface area contributed by atoms with E-state index in [4.69, 9.17) is 4.74 Å². The molecule has 23 heavy (non-hydrogen) atoms. The number of hydrogen-bond donors (Lipinski definition) is 2. The van der Waals surface area contributed by atoms with Crippen molar-refractivity contribution in [3.05, 3.63) is 59.7 Å². The summed E-state index contributed by atoms with van der Waals surface area (Å²) in [7, 11) is 0. The zero-order valence-electron chi connectivity index (χ0n) is 12.2. The van der Waals surface area contributed by atoms with Crippen LogP contribution in [0.25, 0.3) is 0 Å². The number of phenols is 1. The number of ether oxygens (including phenoxy) is 1. The Morgan fingerprint density at radius 1 is 1.17 bits per heavy atom. The van der Waals surface area contributed by atoms with Gasteiger partial charge in [-0.05, 0) is 17.2 Å². The van der Waals surface area contributed by atoms with Crippen molar-refractivity contribution in [2.45, 2.75) is 19.1 Å². The molecule has 0 bridgehead atoms. The fraction of sp³-hybridized carbons (Fsp3) is 0.176. The van der Waals surface area contributed by atoms with Gasteiger partial charge >= 0.3 is 12.1 Å². The molecular formula is C17H15NO5. The highest BCUT2D eigenvalue weighted by molar-refractivity contribution is 5.98. The largest absolute Gasteiger partial charge is 0.508 e. The van der Waals surface area contributed by atoms with Crippen molar-refractivity contribution < 1.29 is 24.5 Å². The first-order valence-electron chi connectivity index (χ1n) is 7.11. The third-order valence-electron chi connectivity index (χ3n) is 3.74. The van der Waals surface area contributed by atoms with E-state index in [0.29, 0.717) is 11.3 Å². The number of fused-ring (bicyclic) bond motifs is 1. The lowest BCUT2D eigenvalue weighted by Crippen LogP contribution is -2.43. The van der Waals surface area contributed by atoms with Crippen molar-refractivity contribution in [3.63, 3.8) is 0 Å². The predicted molar refractivity (Wildman–Crippen MR) is 82.3 cm³/mol. The molecule has 0 fully saturated rings. The van der Waals surface area contributed by atoms with E-state index in [0.717, 1.165) is 10.5 Å². The van der Waals surface area contributed by atoms with Crippen LogP contribution in [-0.2, 0) is 22.6 Å². The maximum atomic E-state index is 12.4. The maximum Gasteiger partial charge on any atom is 0.415 e. The number of carboxylic acids is 1. The maximum absolute atomic E-state index is 12.4. The van der Waals surface area contributed by atoms with Crippen LogP contribution in [0.2, 0.25) is 0 Å². The van der Waals surface area contributed by atoms with Gasteiger partial charge < -0.3 is 14.9 Å². The van der Waals surface area contributed by atoms with Crippen molar-refractivity contribution in [2.75, 3.05) is 4.90 Å². The third-order valence-corrected chi connectivity index (χ3v) is 3.74. The molecule has 1 amide bonds. The molecular weight excluding hydrogens is 298 g/mol. The molecule has 1 aliphatic rings. The van der Waals surface area contributed by atoms with E-state index in [-0.39, 0.29) is 18.8 Å². The number of benzene rings is 2. The number of aromatic hydroxyl groups is 1. The third kappa shape index (κ3) is 2.96. The van der Waals surface area contributed by atoms with Gasteiger partial charge in [0.2, 0.25) is 0 Å². The molecule has 6 nitrogen and oxygen atoms in total. The fourth-order valence-corrected chi connectivity index (χ4v) is 2.63. The molecule has 1 aliphatic heterocycles. The second-order valence-electron chi connectivity index (χ2n) is 5.28. The van der Waals surface area contributed by atoms with Gasteiger partial charge in [-0.25, -0.2) is 9.59 Å². The van der Waals surface area contributed by atoms with Gasteiger partial charge in [0.15, 0.2) is 0 Å². The van der Waals surface area contributed by atoms with Gasteiger partial charge in [-0.1, -0.05) is 36.4 Å². The zero-order valence-corrected chi connectivity index (χ0v) is 12.2. The second-order valence-corrected chi connectivity index (χ2v) is 5.28. The Labute approximate surface area is 132 Å². The molecule has 0 aromatic heterocycles. The van der Waals surface area contributed by atoms with E-state index in [9.17, 15) is 19.8 Å². The Hall–Kier alpha value is -3.02. The number of hydrogen-bond acceptors (Lipinski definition) is 4. The molecule has 0 radical (unpaired) electrons. The van der Waals surface area contributed by atoms with Crippen molar-refractivity contribution >= 4 is 17.7 Å². The number of aliphatic carboxylic acids is 1. The van der Waals surface area contributed by atoms with Crippen LogP contribution >= 0.6 is 0 Å². The molecule has 0 unspecified atom stereocenters. The summed E-state index contributed by atoms with van der Waals surface area (Å²) in [4.78, 5) is 24.9. The molecule has 2 aromatic rings. The average Bonchev–Trinajstić information content (AvgIpc) is 2.92. The number of rotatable bonds is 3. The standard InChI is InChI=1S/C17H15NO5/c19-13-7-6-12-8-15(16(20)21)18(14(12)9-13)17(22)23-10-11-4-2-1-3-5-11/h1-7,9,15,19H,8,10H2,(H,20,21)/t15-/m1/s1. The molecule has 3 rings (SSSR count). The van der Waals surface area contributed by atoms with Gasteiger partial charge in [-0.3, -0.25) is 4.90 Å². The van der Waals surface area contributed by atoms with Crippen LogP contribution in [0, 0.1) is 0 Å². The minimum atomic E-state index is -1.11. The van der Waals surface area contributed by atoms with Gasteiger partial charge in [0.25, 0.3) is 0 Å². The molecule has 0 aliphatic carbocycles. The van der Waals surface area contributed by atoms with Crippen molar-refractivity contribution in [2.24, 2.45) is 0 Å². The fourth-order valence-electron chi connectivity index (χ4n) is 2.63. The summed E-state index contributed by atoms with van der Waals surface area (Å²) in [5, 5.41) is 18.9. The van der Waals surface area contributed by atoms with Crippen molar-refractivity contribution in [1.82, 2.24) is 0 Å². The number of phenolic OH excluding ortho intramolecular Hbond substituents is 1. The van der Waals surface area contributed by atoms with E-state index < -0.39 is 18.1 Å². The zero-order chi connectivity index (χ0) is 16.4. The minimum absolute atomic E-state index is 0.0318. The Kier molecular flexibility index (Phi) is 3.89. The molecule has 6 heteroatoms. The van der Waals surface area contributed by atoms with Crippen LogP contribution < -0.4 is 4.90 Å². The monoisotopic (exact) mass is 313 g/mol. The highest BCUT2D eigenvalue weighted by atomic mass is 16.6. The smallest absolute Gasteiger partial charge is 0.415 e. The van der Waals surface area contributed by atoms with Crippen LogP contribution in [0.5, 0.6) is 5.75 Å². The molecule has 1 heterocycles. The summed E-state index contributed by atoms with van der Waals surface area (Å²) < 4.78 is 5.23. The summed E-state index contributed by atoms with van der Waals surface area (Å²) in [6, 6.07) is 12.6.